The summed E-state index contributed by atoms with van der Waals surface area (Å²) in [6, 6.07) is 0.313. The van der Waals surface area contributed by atoms with Gasteiger partial charge in [0.1, 0.15) is 23.0 Å². The number of rotatable bonds is 4. The number of benzene rings is 3. The molecule has 3 rings (SSSR count). The normalized spacial score (nSPS) is 13.3. The summed E-state index contributed by atoms with van der Waals surface area (Å²) in [5, 5.41) is 0. The first-order chi connectivity index (χ1) is 18.8. The predicted octanol–water partition coefficient (Wildman–Crippen LogP) is 9.53. The van der Waals surface area contributed by atoms with Crippen molar-refractivity contribution in [1.82, 2.24) is 0 Å². The van der Waals surface area contributed by atoms with E-state index in [-0.39, 0.29) is 36.4 Å². The van der Waals surface area contributed by atoms with Crippen molar-refractivity contribution in [2.24, 2.45) is 0 Å². The fourth-order valence-electron chi connectivity index (χ4n) is 3.46. The number of alkyl halides is 15. The van der Waals surface area contributed by atoms with Gasteiger partial charge >= 0.3 is 30.9 Å². The Bertz CT molecular complexity index is 1410. The van der Waals surface area contributed by atoms with E-state index >= 15 is 0 Å². The molecule has 0 amide bonds. The molecule has 3 aromatic carbocycles. The predicted molar refractivity (Wildman–Crippen MR) is 113 cm³/mol. The van der Waals surface area contributed by atoms with Crippen LogP contribution in [0.4, 0.5) is 77.2 Å². The molecule has 0 aliphatic carbocycles. The summed E-state index contributed by atoms with van der Waals surface area (Å²) in [6.07, 6.45) is -27.4. The molecule has 3 aromatic rings. The lowest BCUT2D eigenvalue weighted by molar-refractivity contribution is -0.143. The molecule has 0 unspecified atom stereocenters. The second-order valence-corrected chi connectivity index (χ2v) is 8.22. The molecular formula is C23H11F15N2O2. The third kappa shape index (κ3) is 6.99. The van der Waals surface area contributed by atoms with Crippen molar-refractivity contribution in [1.29, 1.82) is 0 Å². The molecule has 42 heavy (non-hydrogen) atoms. The highest BCUT2D eigenvalue weighted by Gasteiger charge is 2.43. The average molecular weight is 632 g/mol. The van der Waals surface area contributed by atoms with E-state index < -0.39 is 93.1 Å². The van der Waals surface area contributed by atoms with Crippen LogP contribution in [0.5, 0.6) is 23.0 Å². The van der Waals surface area contributed by atoms with E-state index in [4.69, 9.17) is 16.2 Å². The first-order valence-corrected chi connectivity index (χ1v) is 10.5. The SMILES string of the molecule is Nc1c(C(F)(F)F)cc(Oc2ccc(C(F)(F)F)c(Oc3cc(C(F)(F)F)c(N)c(C(F)(F)F)c3)c2)cc1C(F)(F)F. The Morgan fingerprint density at radius 2 is 0.690 bits per heavy atom. The van der Waals surface area contributed by atoms with E-state index in [1.54, 1.807) is 0 Å². The quantitative estimate of drug-likeness (QED) is 0.222. The van der Waals surface area contributed by atoms with Gasteiger partial charge in [0, 0.05) is 6.07 Å². The van der Waals surface area contributed by atoms with Crippen LogP contribution in [0.15, 0.2) is 42.5 Å². The number of anilines is 2. The van der Waals surface area contributed by atoms with Gasteiger partial charge in [0.2, 0.25) is 0 Å². The second-order valence-electron chi connectivity index (χ2n) is 8.22. The van der Waals surface area contributed by atoms with Crippen LogP contribution in [-0.2, 0) is 30.9 Å². The van der Waals surface area contributed by atoms with Crippen molar-refractivity contribution in [3.8, 4) is 23.0 Å². The number of nitrogens with two attached hydrogens (primary N) is 2. The third-order valence-electron chi connectivity index (χ3n) is 5.25. The third-order valence-corrected chi connectivity index (χ3v) is 5.25. The van der Waals surface area contributed by atoms with Gasteiger partial charge in [0.25, 0.3) is 0 Å². The lowest BCUT2D eigenvalue weighted by Crippen LogP contribution is -2.16. The standard InChI is InChI=1S/C23H11F15N2O2/c24-19(25,26)11-2-1-8(41-9-3-12(20(27,28)29)17(39)13(4-9)21(30,31)32)7-16(11)42-10-5-14(22(33,34)35)18(40)15(6-10)23(36,37)38/h1-7H,39-40H2. The maximum Gasteiger partial charge on any atom is 0.419 e. The largest absolute Gasteiger partial charge is 0.457 e. The Morgan fingerprint density at radius 3 is 1.00 bits per heavy atom. The molecule has 230 valence electrons. The maximum absolute atomic E-state index is 13.6. The van der Waals surface area contributed by atoms with E-state index in [1.807, 2.05) is 0 Å². The first kappa shape index (κ1) is 32.3. The van der Waals surface area contributed by atoms with Gasteiger partial charge in [-0.25, -0.2) is 0 Å². The molecule has 0 atom stereocenters. The molecular weight excluding hydrogens is 621 g/mol. The summed E-state index contributed by atoms with van der Waals surface area (Å²) >= 11 is 0. The summed E-state index contributed by atoms with van der Waals surface area (Å²) < 4.78 is 210. The lowest BCUT2D eigenvalue weighted by Gasteiger charge is -2.20. The topological polar surface area (TPSA) is 70.5 Å². The molecule has 4 nitrogen and oxygen atoms in total. The molecule has 0 bridgehead atoms. The zero-order valence-electron chi connectivity index (χ0n) is 19.7. The molecule has 4 N–H and O–H groups in total. The van der Waals surface area contributed by atoms with Crippen LogP contribution in [0, 0.1) is 0 Å². The van der Waals surface area contributed by atoms with Gasteiger partial charge < -0.3 is 20.9 Å². The Labute approximate surface area is 223 Å². The van der Waals surface area contributed by atoms with Crippen molar-refractivity contribution in [3.63, 3.8) is 0 Å². The van der Waals surface area contributed by atoms with Crippen molar-refractivity contribution in [3.05, 3.63) is 70.3 Å². The summed E-state index contributed by atoms with van der Waals surface area (Å²) in [5.74, 6) is -5.21. The molecule has 0 saturated carbocycles. The highest BCUT2D eigenvalue weighted by molar-refractivity contribution is 5.62. The van der Waals surface area contributed by atoms with E-state index in [0.29, 0.717) is 6.07 Å². The molecule has 19 heteroatoms. The minimum absolute atomic E-state index is 0.0199. The molecule has 0 spiro atoms. The van der Waals surface area contributed by atoms with Gasteiger partial charge in [0.05, 0.1) is 39.2 Å². The zero-order valence-corrected chi connectivity index (χ0v) is 19.7. The van der Waals surface area contributed by atoms with Crippen molar-refractivity contribution < 1.29 is 75.3 Å². The van der Waals surface area contributed by atoms with Gasteiger partial charge in [-0.3, -0.25) is 0 Å². The maximum atomic E-state index is 13.6. The minimum Gasteiger partial charge on any atom is -0.457 e. The first-order valence-electron chi connectivity index (χ1n) is 10.5. The monoisotopic (exact) mass is 632 g/mol. The van der Waals surface area contributed by atoms with Crippen LogP contribution < -0.4 is 20.9 Å². The number of nitrogen functional groups attached to an aromatic ring is 2. The van der Waals surface area contributed by atoms with Crippen molar-refractivity contribution in [2.75, 3.05) is 11.5 Å². The van der Waals surface area contributed by atoms with E-state index in [9.17, 15) is 65.9 Å². The summed E-state index contributed by atoms with van der Waals surface area (Å²) in [7, 11) is 0. The average Bonchev–Trinajstić information content (AvgIpc) is 2.77. The molecule has 0 fully saturated rings. The van der Waals surface area contributed by atoms with Gasteiger partial charge in [-0.05, 0) is 36.4 Å². The zero-order chi connectivity index (χ0) is 32.2. The van der Waals surface area contributed by atoms with Crippen LogP contribution in [-0.4, -0.2) is 0 Å². The summed E-state index contributed by atoms with van der Waals surface area (Å²) in [4.78, 5) is 0. The summed E-state index contributed by atoms with van der Waals surface area (Å²) in [6.45, 7) is 0. The second kappa shape index (κ2) is 10.3. The summed E-state index contributed by atoms with van der Waals surface area (Å²) in [5.41, 5.74) is -3.77. The van der Waals surface area contributed by atoms with E-state index in [2.05, 4.69) is 4.74 Å². The van der Waals surface area contributed by atoms with Crippen LogP contribution in [0.2, 0.25) is 0 Å². The molecule has 0 aromatic heterocycles. The highest BCUT2D eigenvalue weighted by Crippen LogP contribution is 2.48. The van der Waals surface area contributed by atoms with Gasteiger partial charge in [-0.15, -0.1) is 0 Å². The van der Waals surface area contributed by atoms with Crippen LogP contribution >= 0.6 is 0 Å². The Morgan fingerprint density at radius 1 is 0.381 bits per heavy atom. The molecule has 0 radical (unpaired) electrons. The molecule has 0 saturated heterocycles. The molecule has 0 heterocycles. The minimum atomic E-state index is -5.54. The van der Waals surface area contributed by atoms with Crippen LogP contribution in [0.25, 0.3) is 0 Å². The Kier molecular flexibility index (Phi) is 7.90. The number of hydrogen-bond acceptors (Lipinski definition) is 4. The molecule has 0 aliphatic rings. The Hall–Kier alpha value is -4.19. The number of halogens is 15. The van der Waals surface area contributed by atoms with Crippen molar-refractivity contribution >= 4 is 11.4 Å². The highest BCUT2D eigenvalue weighted by atomic mass is 19.4. The van der Waals surface area contributed by atoms with Gasteiger partial charge in [-0.2, -0.15) is 65.9 Å². The van der Waals surface area contributed by atoms with Crippen LogP contribution in [0.1, 0.15) is 27.8 Å². The smallest absolute Gasteiger partial charge is 0.419 e. The van der Waals surface area contributed by atoms with Gasteiger partial charge in [0.15, 0.2) is 0 Å². The van der Waals surface area contributed by atoms with Crippen molar-refractivity contribution in [2.45, 2.75) is 30.9 Å². The Balaban J connectivity index is 2.18. The fourth-order valence-corrected chi connectivity index (χ4v) is 3.46. The number of hydrogen-bond donors (Lipinski definition) is 2. The van der Waals surface area contributed by atoms with Gasteiger partial charge in [-0.1, -0.05) is 0 Å². The fraction of sp³-hybridized carbons (Fsp3) is 0.217. The number of ether oxygens (including phenoxy) is 2. The molecule has 0 aliphatic heterocycles. The van der Waals surface area contributed by atoms with E-state index in [1.165, 1.54) is 0 Å². The van der Waals surface area contributed by atoms with E-state index in [0.717, 1.165) is 0 Å². The lowest BCUT2D eigenvalue weighted by atomic mass is 10.1. The van der Waals surface area contributed by atoms with Crippen LogP contribution in [0.3, 0.4) is 0 Å².